The van der Waals surface area contributed by atoms with Crippen molar-refractivity contribution in [3.63, 3.8) is 0 Å². The topological polar surface area (TPSA) is 24.9 Å². The van der Waals surface area contributed by atoms with Gasteiger partial charge in [0, 0.05) is 5.38 Å². The zero-order valence-corrected chi connectivity index (χ0v) is 10.3. The van der Waals surface area contributed by atoms with Gasteiger partial charge in [-0.2, -0.15) is 0 Å². The summed E-state index contributed by atoms with van der Waals surface area (Å²) in [7, 11) is 2.01. The van der Waals surface area contributed by atoms with Crippen LogP contribution in [0.5, 0.6) is 0 Å². The van der Waals surface area contributed by atoms with Gasteiger partial charge >= 0.3 is 0 Å². The van der Waals surface area contributed by atoms with Crippen molar-refractivity contribution in [3.05, 3.63) is 16.1 Å². The first-order valence-corrected chi connectivity index (χ1v) is 6.10. The number of nitrogens with one attached hydrogen (secondary N) is 1. The van der Waals surface area contributed by atoms with E-state index in [0.29, 0.717) is 6.04 Å². The molecule has 0 fully saturated rings. The zero-order chi connectivity index (χ0) is 10.6. The predicted molar refractivity (Wildman–Crippen MR) is 62.7 cm³/mol. The van der Waals surface area contributed by atoms with Crippen LogP contribution < -0.4 is 5.32 Å². The van der Waals surface area contributed by atoms with Crippen molar-refractivity contribution in [2.45, 2.75) is 39.7 Å². The van der Waals surface area contributed by atoms with Crippen molar-refractivity contribution in [1.29, 1.82) is 0 Å². The highest BCUT2D eigenvalue weighted by molar-refractivity contribution is 7.09. The highest BCUT2D eigenvalue weighted by Crippen LogP contribution is 2.21. The van der Waals surface area contributed by atoms with E-state index in [2.05, 4.69) is 36.5 Å². The third-order valence-electron chi connectivity index (χ3n) is 2.37. The minimum atomic E-state index is 0.433. The Morgan fingerprint density at radius 1 is 1.43 bits per heavy atom. The van der Waals surface area contributed by atoms with Crippen LogP contribution in [-0.4, -0.2) is 12.0 Å². The Hall–Kier alpha value is -0.410. The van der Waals surface area contributed by atoms with Gasteiger partial charge in [0.05, 0.1) is 16.7 Å². The third kappa shape index (κ3) is 3.39. The van der Waals surface area contributed by atoms with Crippen LogP contribution in [0.25, 0.3) is 0 Å². The van der Waals surface area contributed by atoms with Crippen LogP contribution in [0, 0.1) is 12.8 Å². The fourth-order valence-electron chi connectivity index (χ4n) is 1.48. The lowest BCUT2D eigenvalue weighted by molar-refractivity contribution is 0.459. The molecule has 0 aliphatic heterocycles. The van der Waals surface area contributed by atoms with Crippen LogP contribution in [0.1, 0.15) is 43.4 Å². The summed E-state index contributed by atoms with van der Waals surface area (Å²) in [5.41, 5.74) is 1.20. The summed E-state index contributed by atoms with van der Waals surface area (Å²) in [4.78, 5) is 4.52. The molecule has 0 saturated carbocycles. The zero-order valence-electron chi connectivity index (χ0n) is 9.50. The Morgan fingerprint density at radius 3 is 2.57 bits per heavy atom. The maximum Gasteiger partial charge on any atom is 0.0898 e. The molecule has 3 heteroatoms. The van der Waals surface area contributed by atoms with Crippen LogP contribution >= 0.6 is 11.3 Å². The monoisotopic (exact) mass is 212 g/mol. The molecule has 0 spiro atoms. The largest absolute Gasteiger partial charge is 0.312 e. The van der Waals surface area contributed by atoms with E-state index in [-0.39, 0.29) is 0 Å². The third-order valence-corrected chi connectivity index (χ3v) is 3.17. The number of aromatic nitrogens is 1. The molecule has 1 N–H and O–H groups in total. The summed E-state index contributed by atoms with van der Waals surface area (Å²) in [6.07, 6.45) is 2.43. The fraction of sp³-hybridized carbons (Fsp3) is 0.727. The van der Waals surface area contributed by atoms with E-state index in [1.807, 2.05) is 7.05 Å². The van der Waals surface area contributed by atoms with E-state index in [4.69, 9.17) is 0 Å². The second-order valence-corrected chi connectivity index (χ2v) is 5.17. The van der Waals surface area contributed by atoms with Crippen LogP contribution in [0.2, 0.25) is 0 Å². The van der Waals surface area contributed by atoms with Gasteiger partial charge in [-0.1, -0.05) is 13.8 Å². The Morgan fingerprint density at radius 2 is 2.14 bits per heavy atom. The Labute approximate surface area is 90.8 Å². The number of thiazole rings is 1. The van der Waals surface area contributed by atoms with E-state index >= 15 is 0 Å². The minimum Gasteiger partial charge on any atom is -0.312 e. The van der Waals surface area contributed by atoms with E-state index in [9.17, 15) is 0 Å². The van der Waals surface area contributed by atoms with E-state index in [1.54, 1.807) is 11.3 Å². The highest BCUT2D eigenvalue weighted by atomic mass is 32.1. The standard InChI is InChI=1S/C11H20N2S/c1-8(2)5-6-10(12-4)11-7-14-9(3)13-11/h7-8,10,12H,5-6H2,1-4H3. The van der Waals surface area contributed by atoms with Gasteiger partial charge in [-0.15, -0.1) is 11.3 Å². The van der Waals surface area contributed by atoms with Crippen LogP contribution in [0.3, 0.4) is 0 Å². The summed E-state index contributed by atoms with van der Waals surface area (Å²) in [6.45, 7) is 6.58. The van der Waals surface area contributed by atoms with E-state index in [0.717, 1.165) is 10.9 Å². The molecule has 1 aromatic rings. The smallest absolute Gasteiger partial charge is 0.0898 e. The first kappa shape index (κ1) is 11.7. The number of rotatable bonds is 5. The molecule has 1 heterocycles. The van der Waals surface area contributed by atoms with Gasteiger partial charge in [0.2, 0.25) is 0 Å². The summed E-state index contributed by atoms with van der Waals surface area (Å²) < 4.78 is 0. The second kappa shape index (κ2) is 5.47. The van der Waals surface area contributed by atoms with E-state index in [1.165, 1.54) is 18.5 Å². The number of nitrogens with zero attached hydrogens (tertiary/aromatic N) is 1. The Bertz CT molecular complexity index is 268. The van der Waals surface area contributed by atoms with Crippen molar-refractivity contribution in [2.24, 2.45) is 5.92 Å². The Balaban J connectivity index is 2.54. The molecule has 0 radical (unpaired) electrons. The lowest BCUT2D eigenvalue weighted by atomic mass is 10.0. The van der Waals surface area contributed by atoms with E-state index < -0.39 is 0 Å². The van der Waals surface area contributed by atoms with Crippen molar-refractivity contribution in [3.8, 4) is 0 Å². The molecular weight excluding hydrogens is 192 g/mol. The first-order chi connectivity index (χ1) is 6.63. The second-order valence-electron chi connectivity index (χ2n) is 4.10. The minimum absolute atomic E-state index is 0.433. The molecule has 1 rings (SSSR count). The fourth-order valence-corrected chi connectivity index (χ4v) is 2.15. The molecule has 0 aromatic carbocycles. The van der Waals surface area contributed by atoms with Gasteiger partial charge in [0.25, 0.3) is 0 Å². The average molecular weight is 212 g/mol. The maximum absolute atomic E-state index is 4.52. The first-order valence-electron chi connectivity index (χ1n) is 5.22. The van der Waals surface area contributed by atoms with Crippen molar-refractivity contribution >= 4 is 11.3 Å². The van der Waals surface area contributed by atoms with Crippen LogP contribution in [-0.2, 0) is 0 Å². The van der Waals surface area contributed by atoms with Gasteiger partial charge in [0.15, 0.2) is 0 Å². The number of hydrogen-bond acceptors (Lipinski definition) is 3. The molecule has 80 valence electrons. The molecule has 1 aromatic heterocycles. The molecule has 2 nitrogen and oxygen atoms in total. The maximum atomic E-state index is 4.52. The molecule has 1 unspecified atom stereocenters. The number of hydrogen-bond donors (Lipinski definition) is 1. The molecule has 1 atom stereocenters. The summed E-state index contributed by atoms with van der Waals surface area (Å²) in [6, 6.07) is 0.433. The molecule has 14 heavy (non-hydrogen) atoms. The Kier molecular flexibility index (Phi) is 4.55. The number of aryl methyl sites for hydroxylation is 1. The summed E-state index contributed by atoms with van der Waals surface area (Å²) >= 11 is 1.73. The summed E-state index contributed by atoms with van der Waals surface area (Å²) in [5.74, 6) is 0.769. The van der Waals surface area contributed by atoms with Crippen LogP contribution in [0.15, 0.2) is 5.38 Å². The normalized spacial score (nSPS) is 13.5. The SMILES string of the molecule is CNC(CCC(C)C)c1csc(C)n1. The molecular formula is C11H20N2S. The molecule has 0 aliphatic carbocycles. The van der Waals surface area contributed by atoms with Gasteiger partial charge in [-0.3, -0.25) is 0 Å². The van der Waals surface area contributed by atoms with Gasteiger partial charge < -0.3 is 5.32 Å². The molecule has 0 saturated heterocycles. The van der Waals surface area contributed by atoms with Gasteiger partial charge in [-0.05, 0) is 32.7 Å². The molecule has 0 bridgehead atoms. The van der Waals surface area contributed by atoms with Crippen molar-refractivity contribution in [2.75, 3.05) is 7.05 Å². The van der Waals surface area contributed by atoms with Crippen molar-refractivity contribution in [1.82, 2.24) is 10.3 Å². The highest BCUT2D eigenvalue weighted by Gasteiger charge is 2.12. The van der Waals surface area contributed by atoms with Crippen molar-refractivity contribution < 1.29 is 0 Å². The molecule has 0 aliphatic rings. The lowest BCUT2D eigenvalue weighted by Crippen LogP contribution is -2.17. The quantitative estimate of drug-likeness (QED) is 0.811. The lowest BCUT2D eigenvalue weighted by Gasteiger charge is -2.14. The van der Waals surface area contributed by atoms with Crippen LogP contribution in [0.4, 0.5) is 0 Å². The van der Waals surface area contributed by atoms with Gasteiger partial charge in [-0.25, -0.2) is 4.98 Å². The average Bonchev–Trinajstić information content (AvgIpc) is 2.53. The predicted octanol–water partition coefficient (Wildman–Crippen LogP) is 3.15. The van der Waals surface area contributed by atoms with Gasteiger partial charge in [0.1, 0.15) is 0 Å². The summed E-state index contributed by atoms with van der Waals surface area (Å²) in [5, 5.41) is 6.65. The molecule has 0 amide bonds.